The van der Waals surface area contributed by atoms with Crippen LogP contribution < -0.4 is 10.1 Å². The highest BCUT2D eigenvalue weighted by Gasteiger charge is 2.11. The number of para-hydroxylation sites is 1. The van der Waals surface area contributed by atoms with Crippen molar-refractivity contribution in [3.05, 3.63) is 29.8 Å². The predicted molar refractivity (Wildman–Crippen MR) is 69.6 cm³/mol. The number of amidine groups is 1. The van der Waals surface area contributed by atoms with E-state index in [1.165, 1.54) is 11.8 Å². The Labute approximate surface area is 109 Å². The summed E-state index contributed by atoms with van der Waals surface area (Å²) in [6.45, 7) is 0.608. The number of ether oxygens (including phenoxy) is 1. The zero-order chi connectivity index (χ0) is 12.8. The third kappa shape index (κ3) is 3.25. The van der Waals surface area contributed by atoms with Gasteiger partial charge in [-0.25, -0.2) is 0 Å². The summed E-state index contributed by atoms with van der Waals surface area (Å²) in [6, 6.07) is 8.81. The molecule has 2 rings (SSSR count). The van der Waals surface area contributed by atoms with Crippen LogP contribution in [0.2, 0.25) is 0 Å². The number of aliphatic imine (C=N–C) groups is 1. The summed E-state index contributed by atoms with van der Waals surface area (Å²) < 4.78 is 5.30. The third-order valence-electron chi connectivity index (χ3n) is 2.20. The molecule has 0 unspecified atom stereocenters. The Hall–Kier alpha value is -2.00. The molecule has 0 atom stereocenters. The van der Waals surface area contributed by atoms with Gasteiger partial charge in [0.15, 0.2) is 11.8 Å². The van der Waals surface area contributed by atoms with Gasteiger partial charge in [-0.15, -0.1) is 0 Å². The van der Waals surface area contributed by atoms with E-state index >= 15 is 0 Å². The van der Waals surface area contributed by atoms with Crippen LogP contribution in [0, 0.1) is 11.3 Å². The fraction of sp³-hybridized carbons (Fsp3) is 0.250. The molecule has 0 saturated carbocycles. The van der Waals surface area contributed by atoms with Crippen molar-refractivity contribution in [3.8, 4) is 11.8 Å². The summed E-state index contributed by atoms with van der Waals surface area (Å²) in [7, 11) is 0. The van der Waals surface area contributed by atoms with Gasteiger partial charge < -0.3 is 10.1 Å². The first-order chi connectivity index (χ1) is 8.79. The van der Waals surface area contributed by atoms with Crippen molar-refractivity contribution in [2.45, 2.75) is 0 Å². The molecule has 0 aliphatic carbocycles. The topological polar surface area (TPSA) is 74.5 Å². The average molecular weight is 261 g/mol. The van der Waals surface area contributed by atoms with Crippen LogP contribution in [0.4, 0.5) is 0 Å². The van der Waals surface area contributed by atoms with Gasteiger partial charge in [0.05, 0.1) is 12.1 Å². The Morgan fingerprint density at radius 1 is 1.56 bits per heavy atom. The number of nitrogens with zero attached hydrogens (tertiary/aromatic N) is 2. The zero-order valence-electron chi connectivity index (χ0n) is 9.55. The Morgan fingerprint density at radius 3 is 3.11 bits per heavy atom. The summed E-state index contributed by atoms with van der Waals surface area (Å²) in [5, 5.41) is 12.1. The Bertz CT molecular complexity index is 522. The van der Waals surface area contributed by atoms with Crippen molar-refractivity contribution in [1.82, 2.24) is 5.32 Å². The number of rotatable bonds is 3. The van der Waals surface area contributed by atoms with Crippen molar-refractivity contribution in [1.29, 1.82) is 5.26 Å². The zero-order valence-corrected chi connectivity index (χ0v) is 10.4. The highest BCUT2D eigenvalue weighted by Crippen LogP contribution is 2.16. The molecule has 5 nitrogen and oxygen atoms in total. The van der Waals surface area contributed by atoms with Gasteiger partial charge in [-0.3, -0.25) is 9.79 Å². The fourth-order valence-corrected chi connectivity index (χ4v) is 2.14. The third-order valence-corrected chi connectivity index (χ3v) is 3.09. The molecule has 0 fully saturated rings. The SMILES string of the molecule is N#Cc1ccccc1OCC(=O)NC1=NCCS1. The van der Waals surface area contributed by atoms with Crippen molar-refractivity contribution in [3.63, 3.8) is 0 Å². The fourth-order valence-electron chi connectivity index (χ4n) is 1.39. The highest BCUT2D eigenvalue weighted by molar-refractivity contribution is 8.14. The number of hydrogen-bond acceptors (Lipinski definition) is 5. The highest BCUT2D eigenvalue weighted by atomic mass is 32.2. The lowest BCUT2D eigenvalue weighted by Gasteiger charge is -2.07. The summed E-state index contributed by atoms with van der Waals surface area (Å²) in [5.74, 6) is 1.04. The van der Waals surface area contributed by atoms with Gasteiger partial charge in [-0.1, -0.05) is 23.9 Å². The molecule has 1 heterocycles. The minimum atomic E-state index is -0.268. The minimum absolute atomic E-state index is 0.127. The van der Waals surface area contributed by atoms with Crippen LogP contribution in [0.25, 0.3) is 0 Å². The number of carbonyl (C=O) groups is 1. The van der Waals surface area contributed by atoms with E-state index in [0.717, 1.165) is 12.3 Å². The monoisotopic (exact) mass is 261 g/mol. The average Bonchev–Trinajstić information content (AvgIpc) is 2.89. The molecule has 1 aromatic carbocycles. The summed E-state index contributed by atoms with van der Waals surface area (Å²) in [4.78, 5) is 15.7. The number of nitrogens with one attached hydrogen (secondary N) is 1. The van der Waals surface area contributed by atoms with Gasteiger partial charge in [0.1, 0.15) is 11.8 Å². The molecule has 6 heteroatoms. The van der Waals surface area contributed by atoms with Crippen LogP contribution in [-0.2, 0) is 4.79 Å². The molecular weight excluding hydrogens is 250 g/mol. The number of amides is 1. The Balaban J connectivity index is 1.87. The normalized spacial score (nSPS) is 13.6. The Kier molecular flexibility index (Phi) is 4.20. The van der Waals surface area contributed by atoms with Gasteiger partial charge in [0.2, 0.25) is 0 Å². The van der Waals surface area contributed by atoms with Crippen molar-refractivity contribution < 1.29 is 9.53 Å². The van der Waals surface area contributed by atoms with E-state index in [-0.39, 0.29) is 12.5 Å². The smallest absolute Gasteiger partial charge is 0.263 e. The maximum absolute atomic E-state index is 11.6. The van der Waals surface area contributed by atoms with Gasteiger partial charge >= 0.3 is 0 Å². The number of nitriles is 1. The van der Waals surface area contributed by atoms with E-state index < -0.39 is 0 Å². The van der Waals surface area contributed by atoms with Gasteiger partial charge in [0.25, 0.3) is 5.91 Å². The number of thioether (sulfide) groups is 1. The van der Waals surface area contributed by atoms with E-state index in [4.69, 9.17) is 10.00 Å². The summed E-state index contributed by atoms with van der Waals surface area (Å²) in [5.41, 5.74) is 0.415. The minimum Gasteiger partial charge on any atom is -0.482 e. The van der Waals surface area contributed by atoms with E-state index in [1.807, 2.05) is 6.07 Å². The lowest BCUT2D eigenvalue weighted by atomic mass is 10.2. The van der Waals surface area contributed by atoms with Crippen molar-refractivity contribution in [2.24, 2.45) is 4.99 Å². The lowest BCUT2D eigenvalue weighted by molar-refractivity contribution is -0.121. The maximum atomic E-state index is 11.6. The van der Waals surface area contributed by atoms with E-state index in [1.54, 1.807) is 24.3 Å². The lowest BCUT2D eigenvalue weighted by Crippen LogP contribution is -2.32. The molecule has 92 valence electrons. The molecule has 0 radical (unpaired) electrons. The van der Waals surface area contributed by atoms with Crippen LogP contribution in [-0.4, -0.2) is 30.0 Å². The molecule has 1 aliphatic rings. The second-order valence-electron chi connectivity index (χ2n) is 3.48. The molecule has 1 N–H and O–H groups in total. The first kappa shape index (κ1) is 12.5. The largest absolute Gasteiger partial charge is 0.482 e. The van der Waals surface area contributed by atoms with Crippen LogP contribution >= 0.6 is 11.8 Å². The quantitative estimate of drug-likeness (QED) is 0.886. The Morgan fingerprint density at radius 2 is 2.39 bits per heavy atom. The van der Waals surface area contributed by atoms with E-state index in [0.29, 0.717) is 16.5 Å². The molecule has 1 aliphatic heterocycles. The van der Waals surface area contributed by atoms with Gasteiger partial charge in [-0.2, -0.15) is 5.26 Å². The molecule has 0 aromatic heterocycles. The summed E-state index contributed by atoms with van der Waals surface area (Å²) in [6.07, 6.45) is 0. The second kappa shape index (κ2) is 6.07. The second-order valence-corrected chi connectivity index (χ2v) is 4.56. The standard InChI is InChI=1S/C12H11N3O2S/c13-7-9-3-1-2-4-10(9)17-8-11(16)15-12-14-5-6-18-12/h1-4H,5-6,8H2,(H,14,15,16). The van der Waals surface area contributed by atoms with Crippen molar-refractivity contribution >= 4 is 22.8 Å². The molecule has 1 amide bonds. The predicted octanol–water partition coefficient (Wildman–Crippen LogP) is 1.16. The van der Waals surface area contributed by atoms with Crippen LogP contribution in [0.5, 0.6) is 5.75 Å². The molecule has 18 heavy (non-hydrogen) atoms. The van der Waals surface area contributed by atoms with Crippen LogP contribution in [0.15, 0.2) is 29.3 Å². The first-order valence-corrected chi connectivity index (χ1v) is 6.37. The van der Waals surface area contributed by atoms with Crippen LogP contribution in [0.3, 0.4) is 0 Å². The number of carbonyl (C=O) groups excluding carboxylic acids is 1. The molecule has 0 saturated heterocycles. The van der Waals surface area contributed by atoms with Crippen molar-refractivity contribution in [2.75, 3.05) is 18.9 Å². The molecule has 0 bridgehead atoms. The van der Waals surface area contributed by atoms with Crippen LogP contribution in [0.1, 0.15) is 5.56 Å². The van der Waals surface area contributed by atoms with Gasteiger partial charge in [-0.05, 0) is 12.1 Å². The van der Waals surface area contributed by atoms with Gasteiger partial charge in [0, 0.05) is 5.75 Å². The van der Waals surface area contributed by atoms with E-state index in [2.05, 4.69) is 10.3 Å². The first-order valence-electron chi connectivity index (χ1n) is 5.38. The number of hydrogen-bond donors (Lipinski definition) is 1. The molecule has 0 spiro atoms. The number of benzene rings is 1. The molecular formula is C12H11N3O2S. The van der Waals surface area contributed by atoms with E-state index in [9.17, 15) is 4.79 Å². The maximum Gasteiger partial charge on any atom is 0.263 e. The summed E-state index contributed by atoms with van der Waals surface area (Å²) >= 11 is 1.51. The molecule has 1 aromatic rings.